The fraction of sp³-hybridized carbons (Fsp3) is 0.714. The lowest BCUT2D eigenvalue weighted by Crippen LogP contribution is -2.20. The molecule has 1 fully saturated rings. The summed E-state index contributed by atoms with van der Waals surface area (Å²) in [7, 11) is 1.72. The Morgan fingerprint density at radius 3 is 2.94 bits per heavy atom. The van der Waals surface area contributed by atoms with E-state index >= 15 is 0 Å². The van der Waals surface area contributed by atoms with E-state index in [1.165, 1.54) is 32.1 Å². The molecular formula is C14H23N3O. The van der Waals surface area contributed by atoms with Gasteiger partial charge in [-0.3, -0.25) is 0 Å². The van der Waals surface area contributed by atoms with Crippen LogP contribution in [0.1, 0.15) is 49.5 Å². The first kappa shape index (κ1) is 13.4. The van der Waals surface area contributed by atoms with Crippen LogP contribution < -0.4 is 5.32 Å². The standard InChI is InChI=1S/C14H23N3O/c1-18-10-9-15-11-13-7-8-16-14(17-13)12-5-3-2-4-6-12/h7-8,12,15H,2-6,9-11H2,1H3. The Balaban J connectivity index is 1.88. The van der Waals surface area contributed by atoms with E-state index in [4.69, 9.17) is 4.74 Å². The van der Waals surface area contributed by atoms with E-state index in [0.29, 0.717) is 5.92 Å². The molecular weight excluding hydrogens is 226 g/mol. The molecule has 0 unspecified atom stereocenters. The van der Waals surface area contributed by atoms with Crippen LogP contribution in [0.3, 0.4) is 0 Å². The average molecular weight is 249 g/mol. The van der Waals surface area contributed by atoms with Crippen molar-refractivity contribution in [2.45, 2.75) is 44.6 Å². The van der Waals surface area contributed by atoms with Crippen molar-refractivity contribution in [3.8, 4) is 0 Å². The lowest BCUT2D eigenvalue weighted by Gasteiger charge is -2.20. The first-order valence-electron chi connectivity index (χ1n) is 6.91. The van der Waals surface area contributed by atoms with Crippen molar-refractivity contribution in [2.75, 3.05) is 20.3 Å². The first-order valence-corrected chi connectivity index (χ1v) is 6.91. The van der Waals surface area contributed by atoms with Gasteiger partial charge >= 0.3 is 0 Å². The Morgan fingerprint density at radius 1 is 1.33 bits per heavy atom. The van der Waals surface area contributed by atoms with Crippen LogP contribution in [0.5, 0.6) is 0 Å². The number of methoxy groups -OCH3 is 1. The predicted molar refractivity (Wildman–Crippen MR) is 71.4 cm³/mol. The molecule has 0 bridgehead atoms. The van der Waals surface area contributed by atoms with Crippen LogP contribution in [0.2, 0.25) is 0 Å². The van der Waals surface area contributed by atoms with Crippen molar-refractivity contribution >= 4 is 0 Å². The highest BCUT2D eigenvalue weighted by Gasteiger charge is 2.17. The van der Waals surface area contributed by atoms with Gasteiger partial charge in [0.25, 0.3) is 0 Å². The van der Waals surface area contributed by atoms with E-state index in [1.54, 1.807) is 7.11 Å². The van der Waals surface area contributed by atoms with Gasteiger partial charge in [0, 0.05) is 32.3 Å². The molecule has 1 aliphatic rings. The summed E-state index contributed by atoms with van der Waals surface area (Å²) in [4.78, 5) is 9.12. The minimum absolute atomic E-state index is 0.581. The molecule has 18 heavy (non-hydrogen) atoms. The van der Waals surface area contributed by atoms with Crippen molar-refractivity contribution in [3.63, 3.8) is 0 Å². The van der Waals surface area contributed by atoms with Crippen LogP contribution in [-0.2, 0) is 11.3 Å². The second-order valence-electron chi connectivity index (χ2n) is 4.91. The highest BCUT2D eigenvalue weighted by Crippen LogP contribution is 2.30. The molecule has 2 rings (SSSR count). The van der Waals surface area contributed by atoms with Gasteiger partial charge in [0.1, 0.15) is 5.82 Å². The third-order valence-corrected chi connectivity index (χ3v) is 3.49. The van der Waals surface area contributed by atoms with Gasteiger partial charge in [0.2, 0.25) is 0 Å². The number of hydrogen-bond donors (Lipinski definition) is 1. The monoisotopic (exact) mass is 249 g/mol. The summed E-state index contributed by atoms with van der Waals surface area (Å²) in [5, 5.41) is 3.32. The summed E-state index contributed by atoms with van der Waals surface area (Å²) in [6, 6.07) is 1.99. The summed E-state index contributed by atoms with van der Waals surface area (Å²) < 4.78 is 5.00. The van der Waals surface area contributed by atoms with Gasteiger partial charge < -0.3 is 10.1 Å². The van der Waals surface area contributed by atoms with Crippen LogP contribution >= 0.6 is 0 Å². The summed E-state index contributed by atoms with van der Waals surface area (Å²) in [5.74, 6) is 1.62. The molecule has 1 heterocycles. The second-order valence-corrected chi connectivity index (χ2v) is 4.91. The van der Waals surface area contributed by atoms with Crippen molar-refractivity contribution in [3.05, 3.63) is 23.8 Å². The molecule has 4 nitrogen and oxygen atoms in total. The number of aromatic nitrogens is 2. The topological polar surface area (TPSA) is 47.0 Å². The molecule has 1 aliphatic carbocycles. The molecule has 1 aromatic rings. The van der Waals surface area contributed by atoms with E-state index in [9.17, 15) is 0 Å². The van der Waals surface area contributed by atoms with E-state index in [0.717, 1.165) is 31.2 Å². The van der Waals surface area contributed by atoms with Crippen LogP contribution in [0.25, 0.3) is 0 Å². The molecule has 0 aromatic carbocycles. The van der Waals surface area contributed by atoms with E-state index in [-0.39, 0.29) is 0 Å². The smallest absolute Gasteiger partial charge is 0.131 e. The van der Waals surface area contributed by atoms with Crippen molar-refractivity contribution in [1.29, 1.82) is 0 Å². The average Bonchev–Trinajstić information content (AvgIpc) is 2.45. The largest absolute Gasteiger partial charge is 0.383 e. The van der Waals surface area contributed by atoms with Crippen LogP contribution in [0.15, 0.2) is 12.3 Å². The maximum atomic E-state index is 5.00. The van der Waals surface area contributed by atoms with Gasteiger partial charge in [0.05, 0.1) is 12.3 Å². The maximum absolute atomic E-state index is 5.00. The quantitative estimate of drug-likeness (QED) is 0.786. The number of rotatable bonds is 6. The third kappa shape index (κ3) is 4.03. The summed E-state index contributed by atoms with van der Waals surface area (Å²) in [6.07, 6.45) is 8.41. The number of nitrogens with one attached hydrogen (secondary N) is 1. The Kier molecular flexibility index (Phi) is 5.55. The number of nitrogens with zero attached hydrogens (tertiary/aromatic N) is 2. The van der Waals surface area contributed by atoms with Gasteiger partial charge in [-0.2, -0.15) is 0 Å². The van der Waals surface area contributed by atoms with E-state index < -0.39 is 0 Å². The Bertz CT molecular complexity index is 351. The summed E-state index contributed by atoms with van der Waals surface area (Å²) >= 11 is 0. The molecule has 0 amide bonds. The normalized spacial score (nSPS) is 16.9. The maximum Gasteiger partial charge on any atom is 0.131 e. The Labute approximate surface area is 109 Å². The summed E-state index contributed by atoms with van der Waals surface area (Å²) in [5.41, 5.74) is 1.08. The molecule has 0 aliphatic heterocycles. The van der Waals surface area contributed by atoms with Crippen molar-refractivity contribution in [2.24, 2.45) is 0 Å². The second kappa shape index (κ2) is 7.44. The van der Waals surface area contributed by atoms with Crippen molar-refractivity contribution in [1.82, 2.24) is 15.3 Å². The molecule has 1 aromatic heterocycles. The highest BCUT2D eigenvalue weighted by molar-refractivity contribution is 5.06. The van der Waals surface area contributed by atoms with Gasteiger partial charge in [-0.1, -0.05) is 19.3 Å². The Morgan fingerprint density at radius 2 is 2.17 bits per heavy atom. The molecule has 0 spiro atoms. The van der Waals surface area contributed by atoms with Gasteiger partial charge in [-0.05, 0) is 18.9 Å². The molecule has 0 atom stereocenters. The fourth-order valence-electron chi connectivity index (χ4n) is 2.46. The lowest BCUT2D eigenvalue weighted by molar-refractivity contribution is 0.199. The molecule has 100 valence electrons. The third-order valence-electron chi connectivity index (χ3n) is 3.49. The van der Waals surface area contributed by atoms with Crippen molar-refractivity contribution < 1.29 is 4.74 Å². The fourth-order valence-corrected chi connectivity index (χ4v) is 2.46. The van der Waals surface area contributed by atoms with Gasteiger partial charge in [-0.15, -0.1) is 0 Å². The van der Waals surface area contributed by atoms with Gasteiger partial charge in [-0.25, -0.2) is 9.97 Å². The molecule has 1 saturated carbocycles. The minimum atomic E-state index is 0.581. The number of hydrogen-bond acceptors (Lipinski definition) is 4. The first-order chi connectivity index (χ1) is 8.90. The highest BCUT2D eigenvalue weighted by atomic mass is 16.5. The van der Waals surface area contributed by atoms with Crippen LogP contribution in [0, 0.1) is 0 Å². The molecule has 4 heteroatoms. The minimum Gasteiger partial charge on any atom is -0.383 e. The van der Waals surface area contributed by atoms with Crippen LogP contribution in [-0.4, -0.2) is 30.2 Å². The van der Waals surface area contributed by atoms with Gasteiger partial charge in [0.15, 0.2) is 0 Å². The van der Waals surface area contributed by atoms with Crippen LogP contribution in [0.4, 0.5) is 0 Å². The molecule has 0 saturated heterocycles. The summed E-state index contributed by atoms with van der Waals surface area (Å²) in [6.45, 7) is 2.39. The number of ether oxygens (including phenoxy) is 1. The predicted octanol–water partition coefficient (Wildman–Crippen LogP) is 2.26. The molecule has 0 radical (unpaired) electrons. The SMILES string of the molecule is COCCNCc1ccnc(C2CCCCC2)n1. The molecule has 1 N–H and O–H groups in total. The lowest BCUT2D eigenvalue weighted by atomic mass is 9.88. The Hall–Kier alpha value is -1.00. The van der Waals surface area contributed by atoms with E-state index in [1.807, 2.05) is 12.3 Å². The zero-order valence-electron chi connectivity index (χ0n) is 11.2. The zero-order valence-corrected chi connectivity index (χ0v) is 11.2. The zero-order chi connectivity index (χ0) is 12.6. The van der Waals surface area contributed by atoms with E-state index in [2.05, 4.69) is 15.3 Å².